The van der Waals surface area contributed by atoms with Crippen molar-refractivity contribution in [3.8, 4) is 0 Å². The fourth-order valence-electron chi connectivity index (χ4n) is 1.73. The molecule has 1 atom stereocenters. The Hall–Kier alpha value is -0.650. The molecule has 1 aliphatic rings. The van der Waals surface area contributed by atoms with Crippen LogP contribution >= 0.6 is 0 Å². The van der Waals surface area contributed by atoms with Crippen molar-refractivity contribution in [3.63, 3.8) is 0 Å². The van der Waals surface area contributed by atoms with Gasteiger partial charge in [-0.05, 0) is 18.9 Å². The van der Waals surface area contributed by atoms with Crippen LogP contribution in [0.4, 0.5) is 0 Å². The molecule has 0 spiro atoms. The Morgan fingerprint density at radius 1 is 1.57 bits per heavy atom. The average molecular weight is 216 g/mol. The van der Waals surface area contributed by atoms with Crippen LogP contribution in [0.5, 0.6) is 0 Å². The molecule has 0 aromatic heterocycles. The molecule has 0 heterocycles. The summed E-state index contributed by atoms with van der Waals surface area (Å²) in [4.78, 5) is 0.197. The Morgan fingerprint density at radius 3 is 2.50 bits per heavy atom. The van der Waals surface area contributed by atoms with Crippen LogP contribution in [-0.4, -0.2) is 20.2 Å². The lowest BCUT2D eigenvalue weighted by atomic mass is 10.1. The van der Waals surface area contributed by atoms with Gasteiger partial charge >= 0.3 is 0 Å². The molecule has 1 aliphatic carbocycles. The third-order valence-corrected chi connectivity index (χ3v) is 3.77. The maximum atomic E-state index is 11.5. The molecule has 80 valence electrons. The van der Waals surface area contributed by atoms with Crippen LogP contribution in [0.15, 0.2) is 22.6 Å². The monoisotopic (exact) mass is 216 g/mol. The molecule has 0 amide bonds. The second kappa shape index (κ2) is 3.49. The van der Waals surface area contributed by atoms with Gasteiger partial charge in [0.1, 0.15) is 0 Å². The summed E-state index contributed by atoms with van der Waals surface area (Å²) in [5, 5.41) is 10.8. The Kier molecular flexibility index (Phi) is 2.85. The summed E-state index contributed by atoms with van der Waals surface area (Å²) in [7, 11) is -3.33. The second-order valence-corrected chi connectivity index (χ2v) is 5.57. The molecular formula is C9H14NO3S-. The SMILES string of the molecule is CCC1=C(S(C)(=O)=O)C(C)(N[O-])C=C1. The van der Waals surface area contributed by atoms with Crippen molar-refractivity contribution in [1.29, 1.82) is 0 Å². The standard InChI is InChI=1S/C9H14NO3S/c1-4-7-5-6-9(2,10-11)8(7)14(3,12)13/h5-6,10H,4H2,1-3H3/q-1. The molecule has 4 nitrogen and oxygen atoms in total. The van der Waals surface area contributed by atoms with E-state index in [1.807, 2.05) is 6.92 Å². The van der Waals surface area contributed by atoms with Gasteiger partial charge in [-0.15, -0.1) is 0 Å². The van der Waals surface area contributed by atoms with Crippen LogP contribution in [0.25, 0.3) is 0 Å². The second-order valence-electron chi connectivity index (χ2n) is 3.62. The molecule has 0 aromatic carbocycles. The van der Waals surface area contributed by atoms with E-state index in [1.54, 1.807) is 24.6 Å². The highest BCUT2D eigenvalue weighted by atomic mass is 32.2. The van der Waals surface area contributed by atoms with Crippen LogP contribution < -0.4 is 5.48 Å². The first-order chi connectivity index (χ1) is 6.35. The minimum Gasteiger partial charge on any atom is -0.787 e. The molecule has 0 saturated carbocycles. The third-order valence-electron chi connectivity index (χ3n) is 2.34. The van der Waals surface area contributed by atoms with Crippen molar-refractivity contribution in [2.24, 2.45) is 0 Å². The lowest BCUT2D eigenvalue weighted by Crippen LogP contribution is -2.39. The predicted molar refractivity (Wildman–Crippen MR) is 56.2 cm³/mol. The average Bonchev–Trinajstić information content (AvgIpc) is 2.43. The minimum atomic E-state index is -3.33. The van der Waals surface area contributed by atoms with Gasteiger partial charge in [-0.25, -0.2) is 8.42 Å². The molecule has 5 heteroatoms. The molecule has 0 aromatic rings. The molecule has 0 saturated heterocycles. The molecule has 1 rings (SSSR count). The molecule has 0 bridgehead atoms. The highest BCUT2D eigenvalue weighted by Crippen LogP contribution is 2.34. The zero-order valence-corrected chi connectivity index (χ0v) is 9.31. The van der Waals surface area contributed by atoms with Crippen LogP contribution in [0.1, 0.15) is 20.3 Å². The summed E-state index contributed by atoms with van der Waals surface area (Å²) in [6.07, 6.45) is 5.02. The van der Waals surface area contributed by atoms with Gasteiger partial charge in [-0.1, -0.05) is 19.1 Å². The van der Waals surface area contributed by atoms with Crippen molar-refractivity contribution in [2.75, 3.05) is 6.26 Å². The van der Waals surface area contributed by atoms with Crippen LogP contribution in [0.3, 0.4) is 0 Å². The number of hydrogen-bond acceptors (Lipinski definition) is 4. The van der Waals surface area contributed by atoms with Gasteiger partial charge in [0, 0.05) is 6.26 Å². The number of hydrogen-bond donors (Lipinski definition) is 1. The molecule has 0 fully saturated rings. The van der Waals surface area contributed by atoms with E-state index in [-0.39, 0.29) is 4.91 Å². The van der Waals surface area contributed by atoms with E-state index < -0.39 is 15.4 Å². The first-order valence-electron chi connectivity index (χ1n) is 4.37. The predicted octanol–water partition coefficient (Wildman–Crippen LogP) is 1.11. The van der Waals surface area contributed by atoms with Crippen molar-refractivity contribution in [1.82, 2.24) is 5.48 Å². The quantitative estimate of drug-likeness (QED) is 0.717. The maximum absolute atomic E-state index is 11.5. The first-order valence-corrected chi connectivity index (χ1v) is 6.26. The number of nitrogens with one attached hydrogen (secondary N) is 1. The molecule has 1 N–H and O–H groups in total. The van der Waals surface area contributed by atoms with E-state index in [0.29, 0.717) is 12.0 Å². The van der Waals surface area contributed by atoms with Crippen LogP contribution in [0.2, 0.25) is 0 Å². The smallest absolute Gasteiger partial charge is 0.174 e. The molecule has 14 heavy (non-hydrogen) atoms. The van der Waals surface area contributed by atoms with Crippen molar-refractivity contribution < 1.29 is 8.42 Å². The van der Waals surface area contributed by atoms with E-state index in [1.165, 1.54) is 0 Å². The summed E-state index contributed by atoms with van der Waals surface area (Å²) in [6.45, 7) is 3.43. The zero-order valence-electron chi connectivity index (χ0n) is 8.49. The fourth-order valence-corrected chi connectivity index (χ4v) is 3.30. The van der Waals surface area contributed by atoms with Gasteiger partial charge in [0.15, 0.2) is 9.84 Å². The van der Waals surface area contributed by atoms with E-state index in [9.17, 15) is 13.6 Å². The molecule has 0 aliphatic heterocycles. The highest BCUT2D eigenvalue weighted by Gasteiger charge is 2.35. The van der Waals surface area contributed by atoms with Crippen LogP contribution in [-0.2, 0) is 9.84 Å². The lowest BCUT2D eigenvalue weighted by Gasteiger charge is -2.31. The Labute approximate surface area is 84.2 Å². The minimum absolute atomic E-state index is 0.197. The third kappa shape index (κ3) is 1.75. The number of hydroxylamine groups is 1. The van der Waals surface area contributed by atoms with Crippen molar-refractivity contribution in [2.45, 2.75) is 25.8 Å². The normalized spacial score (nSPS) is 27.4. The summed E-state index contributed by atoms with van der Waals surface area (Å²) >= 11 is 0. The van der Waals surface area contributed by atoms with Gasteiger partial charge in [0.25, 0.3) is 0 Å². The van der Waals surface area contributed by atoms with E-state index in [0.717, 1.165) is 6.26 Å². The van der Waals surface area contributed by atoms with E-state index in [2.05, 4.69) is 0 Å². The molecule has 0 radical (unpaired) electrons. The summed E-state index contributed by atoms with van der Waals surface area (Å²) in [5.41, 5.74) is 1.41. The molecular weight excluding hydrogens is 202 g/mol. The summed E-state index contributed by atoms with van der Waals surface area (Å²) in [5.74, 6) is 0. The number of sulfone groups is 1. The van der Waals surface area contributed by atoms with Gasteiger partial charge in [-0.3, -0.25) is 0 Å². The largest absolute Gasteiger partial charge is 0.787 e. The Balaban J connectivity index is 3.34. The zero-order chi connectivity index (χ0) is 11.0. The van der Waals surface area contributed by atoms with Crippen molar-refractivity contribution >= 4 is 9.84 Å². The topological polar surface area (TPSA) is 69.2 Å². The summed E-state index contributed by atoms with van der Waals surface area (Å²) < 4.78 is 23.0. The highest BCUT2D eigenvalue weighted by molar-refractivity contribution is 7.94. The number of rotatable bonds is 3. The van der Waals surface area contributed by atoms with Gasteiger partial charge < -0.3 is 10.7 Å². The lowest BCUT2D eigenvalue weighted by molar-refractivity contribution is 0.574. The first kappa shape index (κ1) is 11.4. The number of allylic oxidation sites excluding steroid dienone is 2. The van der Waals surface area contributed by atoms with E-state index in [4.69, 9.17) is 0 Å². The van der Waals surface area contributed by atoms with Gasteiger partial charge in [0.05, 0.1) is 10.4 Å². The Morgan fingerprint density at radius 2 is 2.14 bits per heavy atom. The summed E-state index contributed by atoms with van der Waals surface area (Å²) in [6, 6.07) is 0. The Bertz CT molecular complexity index is 394. The van der Waals surface area contributed by atoms with Gasteiger partial charge in [0.2, 0.25) is 0 Å². The van der Waals surface area contributed by atoms with Gasteiger partial charge in [-0.2, -0.15) is 0 Å². The van der Waals surface area contributed by atoms with E-state index >= 15 is 0 Å². The van der Waals surface area contributed by atoms with Crippen LogP contribution in [0, 0.1) is 5.21 Å². The fraction of sp³-hybridized carbons (Fsp3) is 0.556. The molecule has 1 unspecified atom stereocenters. The van der Waals surface area contributed by atoms with Crippen molar-refractivity contribution in [3.05, 3.63) is 27.8 Å². The maximum Gasteiger partial charge on any atom is 0.174 e.